The quantitative estimate of drug-likeness (QED) is 0.412. The molecule has 0 aliphatic carbocycles. The normalized spacial score (nSPS) is 10.5. The van der Waals surface area contributed by atoms with E-state index in [1.54, 1.807) is 48.5 Å². The minimum absolute atomic E-state index is 0.0880. The second-order valence-electron chi connectivity index (χ2n) is 5.36. The van der Waals surface area contributed by atoms with Crippen LogP contribution >= 0.6 is 34.4 Å². The summed E-state index contributed by atoms with van der Waals surface area (Å²) in [7, 11) is 1.57. The highest BCUT2D eigenvalue weighted by Crippen LogP contribution is 2.25. The molecule has 2 N–H and O–H groups in total. The fourth-order valence-electron chi connectivity index (χ4n) is 2.13. The van der Waals surface area contributed by atoms with E-state index in [9.17, 15) is 9.59 Å². The fourth-order valence-corrected chi connectivity index (χ4v) is 4.50. The Labute approximate surface area is 173 Å². The average molecular weight is 436 g/mol. The van der Waals surface area contributed by atoms with Gasteiger partial charge in [0, 0.05) is 10.9 Å². The summed E-state index contributed by atoms with van der Waals surface area (Å²) < 4.78 is 5.89. The SMILES string of the molecule is CCSc1nnc(NC(=O)Cc2csc(NC(=O)c3ccc(OC)cc3)n2)s1. The first kappa shape index (κ1) is 20.2. The highest BCUT2D eigenvalue weighted by Gasteiger charge is 2.13. The summed E-state index contributed by atoms with van der Waals surface area (Å²) in [6.45, 7) is 2.03. The van der Waals surface area contributed by atoms with Gasteiger partial charge in [-0.05, 0) is 30.0 Å². The Hall–Kier alpha value is -2.50. The topological polar surface area (TPSA) is 106 Å². The number of carbonyl (C=O) groups is 2. The molecule has 8 nitrogen and oxygen atoms in total. The molecule has 2 heterocycles. The van der Waals surface area contributed by atoms with Gasteiger partial charge in [-0.1, -0.05) is 30.0 Å². The molecule has 146 valence electrons. The van der Waals surface area contributed by atoms with Gasteiger partial charge in [0.2, 0.25) is 11.0 Å². The molecule has 0 aliphatic heterocycles. The van der Waals surface area contributed by atoms with E-state index < -0.39 is 0 Å². The molecule has 0 atom stereocenters. The number of carbonyl (C=O) groups excluding carboxylic acids is 2. The van der Waals surface area contributed by atoms with Crippen molar-refractivity contribution in [2.75, 3.05) is 23.5 Å². The third-order valence-electron chi connectivity index (χ3n) is 3.39. The van der Waals surface area contributed by atoms with Crippen molar-refractivity contribution in [2.45, 2.75) is 17.7 Å². The maximum atomic E-state index is 12.3. The van der Waals surface area contributed by atoms with Crippen molar-refractivity contribution in [3.05, 3.63) is 40.9 Å². The number of methoxy groups -OCH3 is 1. The average Bonchev–Trinajstić information content (AvgIpc) is 3.31. The first-order valence-electron chi connectivity index (χ1n) is 8.23. The van der Waals surface area contributed by atoms with Crippen molar-refractivity contribution in [1.29, 1.82) is 0 Å². The van der Waals surface area contributed by atoms with Crippen LogP contribution in [0.3, 0.4) is 0 Å². The van der Waals surface area contributed by atoms with Gasteiger partial charge < -0.3 is 10.1 Å². The Morgan fingerprint density at radius 3 is 2.64 bits per heavy atom. The maximum Gasteiger partial charge on any atom is 0.257 e. The molecule has 3 aromatic rings. The Morgan fingerprint density at radius 1 is 1.14 bits per heavy atom. The maximum absolute atomic E-state index is 12.3. The predicted molar refractivity (Wildman–Crippen MR) is 112 cm³/mol. The number of nitrogens with one attached hydrogen (secondary N) is 2. The third-order valence-corrected chi connectivity index (χ3v) is 6.05. The van der Waals surface area contributed by atoms with Gasteiger partial charge in [0.1, 0.15) is 5.75 Å². The van der Waals surface area contributed by atoms with Gasteiger partial charge in [-0.25, -0.2) is 4.98 Å². The summed E-state index contributed by atoms with van der Waals surface area (Å²) in [4.78, 5) is 28.7. The lowest BCUT2D eigenvalue weighted by molar-refractivity contribution is -0.115. The lowest BCUT2D eigenvalue weighted by Crippen LogP contribution is -2.15. The van der Waals surface area contributed by atoms with E-state index >= 15 is 0 Å². The van der Waals surface area contributed by atoms with Gasteiger partial charge in [-0.3, -0.25) is 14.9 Å². The van der Waals surface area contributed by atoms with Gasteiger partial charge in [0.15, 0.2) is 9.47 Å². The van der Waals surface area contributed by atoms with Crippen LogP contribution in [-0.4, -0.2) is 39.9 Å². The molecule has 2 amide bonds. The number of anilines is 2. The van der Waals surface area contributed by atoms with Crippen LogP contribution in [0.25, 0.3) is 0 Å². The summed E-state index contributed by atoms with van der Waals surface area (Å²) in [5.74, 6) is 1.06. The molecular formula is C17H17N5O3S3. The van der Waals surface area contributed by atoms with Gasteiger partial charge in [0.25, 0.3) is 5.91 Å². The smallest absolute Gasteiger partial charge is 0.257 e. The monoisotopic (exact) mass is 435 g/mol. The second kappa shape index (κ2) is 9.62. The van der Waals surface area contributed by atoms with Gasteiger partial charge >= 0.3 is 0 Å². The van der Waals surface area contributed by atoms with Crippen molar-refractivity contribution in [1.82, 2.24) is 15.2 Å². The number of rotatable bonds is 8. The summed E-state index contributed by atoms with van der Waals surface area (Å²) in [6, 6.07) is 6.77. The molecule has 2 aromatic heterocycles. The number of nitrogens with zero attached hydrogens (tertiary/aromatic N) is 3. The van der Waals surface area contributed by atoms with Gasteiger partial charge in [-0.2, -0.15) is 0 Å². The zero-order chi connectivity index (χ0) is 19.9. The molecule has 0 fully saturated rings. The Kier molecular flexibility index (Phi) is 6.95. The molecule has 0 saturated carbocycles. The summed E-state index contributed by atoms with van der Waals surface area (Å²) in [5.41, 5.74) is 1.06. The molecule has 0 radical (unpaired) electrons. The molecule has 0 aliphatic rings. The molecule has 0 spiro atoms. The van der Waals surface area contributed by atoms with Crippen LogP contribution in [0.2, 0.25) is 0 Å². The predicted octanol–water partition coefficient (Wildman–Crippen LogP) is 3.55. The number of amides is 2. The number of benzene rings is 1. The molecular weight excluding hydrogens is 418 g/mol. The van der Waals surface area contributed by atoms with E-state index in [-0.39, 0.29) is 18.2 Å². The first-order chi connectivity index (χ1) is 13.6. The summed E-state index contributed by atoms with van der Waals surface area (Å²) in [5, 5.41) is 16.0. The highest BCUT2D eigenvalue weighted by molar-refractivity contribution is 8.01. The summed E-state index contributed by atoms with van der Waals surface area (Å²) in [6.07, 6.45) is 0.0880. The minimum atomic E-state index is -0.275. The van der Waals surface area contributed by atoms with Crippen LogP contribution in [0.5, 0.6) is 5.75 Å². The van der Waals surface area contributed by atoms with E-state index in [1.807, 2.05) is 6.92 Å². The molecule has 1 aromatic carbocycles. The van der Waals surface area contributed by atoms with Crippen molar-refractivity contribution >= 4 is 56.5 Å². The van der Waals surface area contributed by atoms with Crippen LogP contribution in [0.15, 0.2) is 34.0 Å². The van der Waals surface area contributed by atoms with Crippen LogP contribution in [0, 0.1) is 0 Å². The van der Waals surface area contributed by atoms with E-state index in [0.717, 1.165) is 10.1 Å². The molecule has 0 bridgehead atoms. The van der Waals surface area contributed by atoms with Crippen LogP contribution in [0.1, 0.15) is 23.0 Å². The number of thioether (sulfide) groups is 1. The zero-order valence-corrected chi connectivity index (χ0v) is 17.5. The molecule has 28 heavy (non-hydrogen) atoms. The largest absolute Gasteiger partial charge is 0.497 e. The van der Waals surface area contributed by atoms with Gasteiger partial charge in [-0.15, -0.1) is 21.5 Å². The number of thiazole rings is 1. The minimum Gasteiger partial charge on any atom is -0.497 e. The third kappa shape index (κ3) is 5.50. The Balaban J connectivity index is 1.54. The lowest BCUT2D eigenvalue weighted by atomic mass is 10.2. The molecule has 0 unspecified atom stereocenters. The van der Waals surface area contributed by atoms with Crippen molar-refractivity contribution in [3.8, 4) is 5.75 Å². The zero-order valence-electron chi connectivity index (χ0n) is 15.1. The number of aromatic nitrogens is 3. The van der Waals surface area contributed by atoms with Crippen LogP contribution in [-0.2, 0) is 11.2 Å². The van der Waals surface area contributed by atoms with E-state index in [0.29, 0.717) is 27.3 Å². The number of ether oxygens (including phenoxy) is 1. The van der Waals surface area contributed by atoms with Crippen LogP contribution < -0.4 is 15.4 Å². The highest BCUT2D eigenvalue weighted by atomic mass is 32.2. The lowest BCUT2D eigenvalue weighted by Gasteiger charge is -2.03. The summed E-state index contributed by atoms with van der Waals surface area (Å²) >= 11 is 4.17. The fraction of sp³-hybridized carbons (Fsp3) is 0.235. The molecule has 3 rings (SSSR count). The van der Waals surface area contributed by atoms with Crippen molar-refractivity contribution in [2.24, 2.45) is 0 Å². The van der Waals surface area contributed by atoms with E-state index in [4.69, 9.17) is 4.74 Å². The van der Waals surface area contributed by atoms with E-state index in [2.05, 4.69) is 25.8 Å². The molecule has 11 heteroatoms. The van der Waals surface area contributed by atoms with Crippen molar-refractivity contribution < 1.29 is 14.3 Å². The number of hydrogen-bond donors (Lipinski definition) is 2. The van der Waals surface area contributed by atoms with Crippen molar-refractivity contribution in [3.63, 3.8) is 0 Å². The first-order valence-corrected chi connectivity index (χ1v) is 10.9. The van der Waals surface area contributed by atoms with Crippen LogP contribution in [0.4, 0.5) is 10.3 Å². The van der Waals surface area contributed by atoms with E-state index in [1.165, 1.54) is 22.7 Å². The number of hydrogen-bond acceptors (Lipinski definition) is 9. The Morgan fingerprint density at radius 2 is 1.93 bits per heavy atom. The second-order valence-corrected chi connectivity index (χ2v) is 8.70. The van der Waals surface area contributed by atoms with Gasteiger partial charge in [0.05, 0.1) is 19.2 Å². The molecule has 0 saturated heterocycles. The standard InChI is InChI=1S/C17H17N5O3S3/c1-3-26-17-22-21-16(28-17)19-13(23)8-11-9-27-15(18-11)20-14(24)10-4-6-12(25-2)7-5-10/h4-7,9H,3,8H2,1-2H3,(H,18,20,24)(H,19,21,23). The Bertz CT molecular complexity index is 955.